The highest BCUT2D eigenvalue weighted by atomic mass is 35.5. The third-order valence-electron chi connectivity index (χ3n) is 4.53. The number of anilines is 2. The van der Waals surface area contributed by atoms with Crippen molar-refractivity contribution in [1.29, 1.82) is 0 Å². The summed E-state index contributed by atoms with van der Waals surface area (Å²) in [4.78, 5) is 19.3. The molecule has 25 heavy (non-hydrogen) atoms. The minimum absolute atomic E-state index is 0.213. The van der Waals surface area contributed by atoms with E-state index in [1.807, 2.05) is 6.07 Å². The van der Waals surface area contributed by atoms with E-state index in [0.717, 1.165) is 37.7 Å². The summed E-state index contributed by atoms with van der Waals surface area (Å²) in [5, 5.41) is 3.40. The van der Waals surface area contributed by atoms with E-state index in [0.29, 0.717) is 22.0 Å². The van der Waals surface area contributed by atoms with Gasteiger partial charge >= 0.3 is 0 Å². The molecule has 1 N–H and O–H groups in total. The molecule has 1 aromatic heterocycles. The van der Waals surface area contributed by atoms with Crippen LogP contribution in [0.3, 0.4) is 0 Å². The summed E-state index contributed by atoms with van der Waals surface area (Å²) in [5.41, 5.74) is 1.11. The quantitative estimate of drug-likeness (QED) is 0.887. The summed E-state index contributed by atoms with van der Waals surface area (Å²) in [6, 6.07) is 8.67. The zero-order chi connectivity index (χ0) is 17.8. The van der Waals surface area contributed by atoms with Gasteiger partial charge in [-0.2, -0.15) is 0 Å². The number of rotatable bonds is 4. The van der Waals surface area contributed by atoms with E-state index >= 15 is 0 Å². The Morgan fingerprint density at radius 1 is 1.28 bits per heavy atom. The Bertz CT molecular complexity index is 758. The van der Waals surface area contributed by atoms with Gasteiger partial charge in [-0.05, 0) is 49.1 Å². The van der Waals surface area contributed by atoms with Crippen molar-refractivity contribution in [2.45, 2.75) is 19.8 Å². The molecule has 1 saturated heterocycles. The van der Waals surface area contributed by atoms with Crippen molar-refractivity contribution in [2.24, 2.45) is 5.92 Å². The molecule has 2 aromatic rings. The molecule has 0 saturated carbocycles. The summed E-state index contributed by atoms with van der Waals surface area (Å²) in [6.45, 7) is 4.22. The summed E-state index contributed by atoms with van der Waals surface area (Å²) in [5.74, 6) is 1.95. The number of hydrogen-bond acceptors (Lipinski definition) is 4. The number of halogens is 1. The number of piperidine rings is 1. The van der Waals surface area contributed by atoms with Gasteiger partial charge in [0.05, 0.1) is 12.8 Å². The van der Waals surface area contributed by atoms with Crippen LogP contribution in [0.1, 0.15) is 30.1 Å². The molecule has 0 unspecified atom stereocenters. The second kappa shape index (κ2) is 7.74. The van der Waals surface area contributed by atoms with Gasteiger partial charge in [-0.15, -0.1) is 0 Å². The van der Waals surface area contributed by atoms with Gasteiger partial charge in [-0.1, -0.05) is 18.5 Å². The first-order valence-electron chi connectivity index (χ1n) is 8.42. The van der Waals surface area contributed by atoms with E-state index in [4.69, 9.17) is 16.3 Å². The van der Waals surface area contributed by atoms with E-state index < -0.39 is 0 Å². The molecule has 0 aliphatic carbocycles. The molecule has 1 aromatic carbocycles. The van der Waals surface area contributed by atoms with E-state index in [-0.39, 0.29) is 5.91 Å². The monoisotopic (exact) mass is 359 g/mol. The van der Waals surface area contributed by atoms with Gasteiger partial charge in [-0.3, -0.25) is 4.79 Å². The number of carbonyl (C=O) groups excluding carboxylic acids is 1. The summed E-state index contributed by atoms with van der Waals surface area (Å²) >= 11 is 6.02. The maximum atomic E-state index is 12.6. The first-order chi connectivity index (χ1) is 12.1. The fourth-order valence-electron chi connectivity index (χ4n) is 2.94. The Morgan fingerprint density at radius 3 is 2.76 bits per heavy atom. The van der Waals surface area contributed by atoms with Gasteiger partial charge in [0.15, 0.2) is 0 Å². The van der Waals surface area contributed by atoms with Crippen molar-refractivity contribution in [3.8, 4) is 5.75 Å². The van der Waals surface area contributed by atoms with Crippen LogP contribution in [-0.2, 0) is 0 Å². The van der Waals surface area contributed by atoms with E-state index in [9.17, 15) is 4.79 Å². The third kappa shape index (κ3) is 4.23. The largest absolute Gasteiger partial charge is 0.495 e. The van der Waals surface area contributed by atoms with Crippen LogP contribution in [0.25, 0.3) is 0 Å². The molecule has 6 heteroatoms. The Morgan fingerprint density at radius 2 is 2.04 bits per heavy atom. The second-order valence-electron chi connectivity index (χ2n) is 6.37. The minimum Gasteiger partial charge on any atom is -0.495 e. The summed E-state index contributed by atoms with van der Waals surface area (Å²) < 4.78 is 5.27. The standard InChI is InChI=1S/C19H22ClN3O2/c1-13-6-9-23(10-7-13)18-11-14(5-8-21-18)19(24)22-16-12-15(20)3-4-17(16)25-2/h3-5,8,11-13H,6-7,9-10H2,1-2H3,(H,22,24). The Labute approximate surface area is 153 Å². The van der Waals surface area contributed by atoms with Crippen molar-refractivity contribution < 1.29 is 9.53 Å². The highest BCUT2D eigenvalue weighted by Crippen LogP contribution is 2.28. The maximum absolute atomic E-state index is 12.6. The number of amides is 1. The highest BCUT2D eigenvalue weighted by Gasteiger charge is 2.18. The van der Waals surface area contributed by atoms with Crippen molar-refractivity contribution in [1.82, 2.24) is 4.98 Å². The van der Waals surface area contributed by atoms with Crippen molar-refractivity contribution in [3.05, 3.63) is 47.1 Å². The normalized spacial score (nSPS) is 15.1. The van der Waals surface area contributed by atoms with Crippen molar-refractivity contribution in [3.63, 3.8) is 0 Å². The zero-order valence-corrected chi connectivity index (χ0v) is 15.2. The summed E-state index contributed by atoms with van der Waals surface area (Å²) in [6.07, 6.45) is 3.98. The number of aromatic nitrogens is 1. The number of carbonyl (C=O) groups is 1. The second-order valence-corrected chi connectivity index (χ2v) is 6.81. The third-order valence-corrected chi connectivity index (χ3v) is 4.76. The SMILES string of the molecule is COc1ccc(Cl)cc1NC(=O)c1ccnc(N2CCC(C)CC2)c1. The van der Waals surface area contributed by atoms with Gasteiger partial charge in [0.25, 0.3) is 5.91 Å². The predicted molar refractivity (Wildman–Crippen MR) is 101 cm³/mol. The lowest BCUT2D eigenvalue weighted by molar-refractivity contribution is 0.102. The van der Waals surface area contributed by atoms with Gasteiger partial charge in [0.2, 0.25) is 0 Å². The first kappa shape index (κ1) is 17.5. The summed E-state index contributed by atoms with van der Waals surface area (Å²) in [7, 11) is 1.56. The molecule has 2 heterocycles. The lowest BCUT2D eigenvalue weighted by Crippen LogP contribution is -2.33. The number of ether oxygens (including phenoxy) is 1. The van der Waals surface area contributed by atoms with Crippen LogP contribution in [0.4, 0.5) is 11.5 Å². The number of nitrogens with one attached hydrogen (secondary N) is 1. The fraction of sp³-hybridized carbons (Fsp3) is 0.368. The smallest absolute Gasteiger partial charge is 0.255 e. The molecule has 1 amide bonds. The van der Waals surface area contributed by atoms with Crippen LogP contribution in [0.2, 0.25) is 5.02 Å². The van der Waals surface area contributed by atoms with E-state index in [2.05, 4.69) is 22.1 Å². The maximum Gasteiger partial charge on any atom is 0.255 e. The van der Waals surface area contributed by atoms with Crippen molar-refractivity contribution >= 4 is 29.0 Å². The first-order valence-corrected chi connectivity index (χ1v) is 8.80. The average Bonchev–Trinajstić information content (AvgIpc) is 2.62. The average molecular weight is 360 g/mol. The van der Waals surface area contributed by atoms with Gasteiger partial charge in [0, 0.05) is 29.9 Å². The lowest BCUT2D eigenvalue weighted by Gasteiger charge is -2.31. The molecule has 5 nitrogen and oxygen atoms in total. The number of nitrogens with zero attached hydrogens (tertiary/aromatic N) is 2. The molecule has 1 aliphatic rings. The number of pyridine rings is 1. The van der Waals surface area contributed by atoms with Crippen LogP contribution in [0.15, 0.2) is 36.5 Å². The van der Waals surface area contributed by atoms with Gasteiger partial charge < -0.3 is 15.0 Å². The number of hydrogen-bond donors (Lipinski definition) is 1. The van der Waals surface area contributed by atoms with Crippen LogP contribution in [-0.4, -0.2) is 31.1 Å². The molecule has 0 spiro atoms. The molecule has 3 rings (SSSR count). The molecule has 0 atom stereocenters. The molecular formula is C19H22ClN3O2. The van der Waals surface area contributed by atoms with Crippen LogP contribution < -0.4 is 15.0 Å². The van der Waals surface area contributed by atoms with Gasteiger partial charge in [-0.25, -0.2) is 4.98 Å². The lowest BCUT2D eigenvalue weighted by atomic mass is 9.99. The topological polar surface area (TPSA) is 54.5 Å². The molecule has 0 bridgehead atoms. The number of methoxy groups -OCH3 is 1. The molecule has 0 radical (unpaired) electrons. The van der Waals surface area contributed by atoms with E-state index in [1.54, 1.807) is 37.6 Å². The zero-order valence-electron chi connectivity index (χ0n) is 14.5. The highest BCUT2D eigenvalue weighted by molar-refractivity contribution is 6.31. The predicted octanol–water partition coefficient (Wildman–Crippen LogP) is 4.23. The van der Waals surface area contributed by atoms with Crippen LogP contribution in [0, 0.1) is 5.92 Å². The minimum atomic E-state index is -0.213. The van der Waals surface area contributed by atoms with Gasteiger partial charge in [0.1, 0.15) is 11.6 Å². The Balaban J connectivity index is 1.77. The van der Waals surface area contributed by atoms with Crippen LogP contribution in [0.5, 0.6) is 5.75 Å². The Kier molecular flexibility index (Phi) is 5.43. The molecule has 1 aliphatic heterocycles. The molecule has 1 fully saturated rings. The van der Waals surface area contributed by atoms with Crippen molar-refractivity contribution in [2.75, 3.05) is 30.4 Å². The van der Waals surface area contributed by atoms with Crippen LogP contribution >= 0.6 is 11.6 Å². The van der Waals surface area contributed by atoms with E-state index in [1.165, 1.54) is 0 Å². The molecular weight excluding hydrogens is 338 g/mol. The fourth-order valence-corrected chi connectivity index (χ4v) is 3.11. The molecule has 132 valence electrons. The number of benzene rings is 1. The Hall–Kier alpha value is -2.27.